The van der Waals surface area contributed by atoms with Gasteiger partial charge in [0.15, 0.2) is 0 Å². The Hall–Kier alpha value is -2.15. The van der Waals surface area contributed by atoms with Gasteiger partial charge in [0, 0.05) is 13.0 Å². The van der Waals surface area contributed by atoms with Crippen LogP contribution in [0.1, 0.15) is 12.2 Å². The van der Waals surface area contributed by atoms with E-state index in [4.69, 9.17) is 11.6 Å². The van der Waals surface area contributed by atoms with Crippen LogP contribution < -0.4 is 10.9 Å². The van der Waals surface area contributed by atoms with Gasteiger partial charge in [0.25, 0.3) is 5.56 Å². The van der Waals surface area contributed by atoms with Crippen molar-refractivity contribution in [1.82, 2.24) is 25.0 Å². The van der Waals surface area contributed by atoms with Crippen LogP contribution in [0.2, 0.25) is 5.02 Å². The molecule has 0 aliphatic carbocycles. The molecule has 2 N–H and O–H groups in total. The molecule has 2 rings (SSSR count). The third-order valence-electron chi connectivity index (χ3n) is 2.66. The van der Waals surface area contributed by atoms with Crippen LogP contribution in [0.3, 0.4) is 0 Å². The maximum absolute atomic E-state index is 11.9. The van der Waals surface area contributed by atoms with Gasteiger partial charge in [-0.25, -0.2) is 9.67 Å². The quantitative estimate of drug-likeness (QED) is 0.592. The second kappa shape index (κ2) is 6.85. The van der Waals surface area contributed by atoms with Crippen LogP contribution in [0.5, 0.6) is 0 Å². The number of allylic oxidation sites excluding steroid dienone is 1. The second-order valence-corrected chi connectivity index (χ2v) is 4.49. The van der Waals surface area contributed by atoms with Crippen molar-refractivity contribution in [1.29, 1.82) is 0 Å². The summed E-state index contributed by atoms with van der Waals surface area (Å²) >= 11 is 6.01. The average molecular weight is 295 g/mol. The van der Waals surface area contributed by atoms with Gasteiger partial charge in [-0.1, -0.05) is 17.7 Å². The summed E-state index contributed by atoms with van der Waals surface area (Å²) in [6.07, 6.45) is 6.21. The molecule has 0 spiro atoms. The maximum atomic E-state index is 11.9. The Balaban J connectivity index is 1.91. The van der Waals surface area contributed by atoms with Crippen molar-refractivity contribution in [2.75, 3.05) is 11.9 Å². The molecule has 106 valence electrons. The number of H-pyrrole nitrogens is 1. The Morgan fingerprint density at radius 3 is 3.10 bits per heavy atom. The molecule has 2 heterocycles. The molecule has 0 bridgehead atoms. The Bertz CT molecular complexity index is 621. The van der Waals surface area contributed by atoms with E-state index >= 15 is 0 Å². The standard InChI is InChI=1S/C12H15ClN6O/c1-2-6-19-12(20)11(13)9(7-17-19)14-5-3-4-10-15-8-16-18-10/h2,7-8,14H,1,3-6H2,(H,15,16,18). The molecule has 0 fully saturated rings. The molecule has 0 aliphatic heterocycles. The number of nitrogens with one attached hydrogen (secondary N) is 2. The summed E-state index contributed by atoms with van der Waals surface area (Å²) < 4.78 is 1.26. The molecule has 0 saturated carbocycles. The summed E-state index contributed by atoms with van der Waals surface area (Å²) in [6, 6.07) is 0. The van der Waals surface area contributed by atoms with E-state index in [1.807, 2.05) is 0 Å². The van der Waals surface area contributed by atoms with Crippen molar-refractivity contribution in [3.63, 3.8) is 0 Å². The van der Waals surface area contributed by atoms with E-state index in [1.54, 1.807) is 12.3 Å². The molecule has 8 heteroatoms. The van der Waals surface area contributed by atoms with Gasteiger partial charge in [0.2, 0.25) is 0 Å². The van der Waals surface area contributed by atoms with Crippen LogP contribution in [0, 0.1) is 0 Å². The first-order valence-electron chi connectivity index (χ1n) is 6.17. The molecule has 0 atom stereocenters. The first kappa shape index (κ1) is 14.3. The molecule has 2 aromatic heterocycles. The largest absolute Gasteiger partial charge is 0.382 e. The average Bonchev–Trinajstić information content (AvgIpc) is 2.95. The number of aryl methyl sites for hydroxylation is 1. The van der Waals surface area contributed by atoms with Gasteiger partial charge < -0.3 is 5.32 Å². The molecule has 20 heavy (non-hydrogen) atoms. The molecule has 0 radical (unpaired) electrons. The van der Waals surface area contributed by atoms with Crippen molar-refractivity contribution in [3.8, 4) is 0 Å². The van der Waals surface area contributed by atoms with Gasteiger partial charge >= 0.3 is 0 Å². The minimum absolute atomic E-state index is 0.140. The Kier molecular flexibility index (Phi) is 4.89. The molecule has 0 aromatic carbocycles. The highest BCUT2D eigenvalue weighted by Gasteiger charge is 2.08. The van der Waals surface area contributed by atoms with Crippen LogP contribution in [-0.2, 0) is 13.0 Å². The third kappa shape index (κ3) is 3.45. The molecule has 0 unspecified atom stereocenters. The normalized spacial score (nSPS) is 10.4. The van der Waals surface area contributed by atoms with Crippen molar-refractivity contribution in [3.05, 3.63) is 46.4 Å². The highest BCUT2D eigenvalue weighted by molar-refractivity contribution is 6.32. The highest BCUT2D eigenvalue weighted by Crippen LogP contribution is 2.15. The van der Waals surface area contributed by atoms with Gasteiger partial charge in [-0.15, -0.1) is 6.58 Å². The lowest BCUT2D eigenvalue weighted by Crippen LogP contribution is -2.23. The first-order valence-corrected chi connectivity index (χ1v) is 6.54. The third-order valence-corrected chi connectivity index (χ3v) is 3.02. The summed E-state index contributed by atoms with van der Waals surface area (Å²) in [7, 11) is 0. The first-order chi connectivity index (χ1) is 9.72. The van der Waals surface area contributed by atoms with Gasteiger partial charge in [-0.2, -0.15) is 10.2 Å². The fourth-order valence-corrected chi connectivity index (χ4v) is 1.88. The zero-order valence-corrected chi connectivity index (χ0v) is 11.6. The fourth-order valence-electron chi connectivity index (χ4n) is 1.67. The Morgan fingerprint density at radius 1 is 1.55 bits per heavy atom. The van der Waals surface area contributed by atoms with E-state index in [0.29, 0.717) is 18.8 Å². The van der Waals surface area contributed by atoms with E-state index in [9.17, 15) is 4.79 Å². The predicted molar refractivity (Wildman–Crippen MR) is 76.9 cm³/mol. The maximum Gasteiger partial charge on any atom is 0.287 e. The molecule has 2 aromatic rings. The molecular formula is C12H15ClN6O. The van der Waals surface area contributed by atoms with Gasteiger partial charge in [-0.3, -0.25) is 9.89 Å². The minimum Gasteiger partial charge on any atom is -0.382 e. The number of hydrogen-bond donors (Lipinski definition) is 2. The van der Waals surface area contributed by atoms with E-state index in [0.717, 1.165) is 18.7 Å². The number of hydrogen-bond acceptors (Lipinski definition) is 5. The monoisotopic (exact) mass is 294 g/mol. The number of anilines is 1. The van der Waals surface area contributed by atoms with Crippen LogP contribution >= 0.6 is 11.6 Å². The lowest BCUT2D eigenvalue weighted by atomic mass is 10.3. The number of halogens is 1. The lowest BCUT2D eigenvalue weighted by molar-refractivity contribution is 0.652. The SMILES string of the molecule is C=CCn1ncc(NCCCc2ncn[nH]2)c(Cl)c1=O. The smallest absolute Gasteiger partial charge is 0.287 e. The van der Waals surface area contributed by atoms with Crippen LogP contribution in [-0.4, -0.2) is 31.5 Å². The number of aromatic amines is 1. The number of rotatable bonds is 7. The predicted octanol–water partition coefficient (Wildman–Crippen LogP) is 1.25. The van der Waals surface area contributed by atoms with Crippen molar-refractivity contribution in [2.24, 2.45) is 0 Å². The fraction of sp³-hybridized carbons (Fsp3) is 0.333. The van der Waals surface area contributed by atoms with Crippen molar-refractivity contribution < 1.29 is 0 Å². The second-order valence-electron chi connectivity index (χ2n) is 4.11. The molecule has 0 amide bonds. The minimum atomic E-state index is -0.327. The van der Waals surface area contributed by atoms with E-state index in [-0.39, 0.29) is 10.6 Å². The molecule has 0 saturated heterocycles. The van der Waals surface area contributed by atoms with Crippen molar-refractivity contribution >= 4 is 17.3 Å². The zero-order valence-electron chi connectivity index (χ0n) is 10.8. The van der Waals surface area contributed by atoms with Crippen LogP contribution in [0.25, 0.3) is 0 Å². The Labute approximate surface area is 120 Å². The van der Waals surface area contributed by atoms with Gasteiger partial charge in [-0.05, 0) is 6.42 Å². The summed E-state index contributed by atoms with van der Waals surface area (Å²) in [5.74, 6) is 0.831. The zero-order chi connectivity index (χ0) is 14.4. The van der Waals surface area contributed by atoms with E-state index in [2.05, 4.69) is 32.2 Å². The number of aromatic nitrogens is 5. The summed E-state index contributed by atoms with van der Waals surface area (Å²) in [5.41, 5.74) is 0.210. The van der Waals surface area contributed by atoms with Gasteiger partial charge in [0.1, 0.15) is 17.2 Å². The Morgan fingerprint density at radius 2 is 2.40 bits per heavy atom. The lowest BCUT2D eigenvalue weighted by Gasteiger charge is -2.08. The van der Waals surface area contributed by atoms with Gasteiger partial charge in [0.05, 0.1) is 18.4 Å². The number of nitrogens with zero attached hydrogens (tertiary/aromatic N) is 4. The summed E-state index contributed by atoms with van der Waals surface area (Å²) in [6.45, 7) is 4.56. The van der Waals surface area contributed by atoms with Crippen LogP contribution in [0.4, 0.5) is 5.69 Å². The van der Waals surface area contributed by atoms with Crippen LogP contribution in [0.15, 0.2) is 30.0 Å². The molecular weight excluding hydrogens is 280 g/mol. The topological polar surface area (TPSA) is 88.5 Å². The highest BCUT2D eigenvalue weighted by atomic mass is 35.5. The summed E-state index contributed by atoms with van der Waals surface area (Å²) in [5, 5.41) is 13.8. The van der Waals surface area contributed by atoms with Crippen molar-refractivity contribution in [2.45, 2.75) is 19.4 Å². The van der Waals surface area contributed by atoms with E-state index in [1.165, 1.54) is 11.0 Å². The molecule has 7 nitrogen and oxygen atoms in total. The summed E-state index contributed by atoms with van der Waals surface area (Å²) in [4.78, 5) is 15.9. The molecule has 0 aliphatic rings. The van der Waals surface area contributed by atoms with E-state index < -0.39 is 0 Å².